The van der Waals surface area contributed by atoms with Crippen LogP contribution in [0.3, 0.4) is 0 Å². The molecule has 0 aromatic heterocycles. The van der Waals surface area contributed by atoms with E-state index in [1.807, 2.05) is 36.4 Å². The van der Waals surface area contributed by atoms with E-state index in [0.717, 1.165) is 16.7 Å². The number of allylic oxidation sites excluding steroid dienone is 3. The molecule has 170 valence electrons. The first-order valence-corrected chi connectivity index (χ1v) is 12.5. The number of nitrogens with one attached hydrogen (secondary N) is 1. The molecule has 1 amide bonds. The molecular weight excluding hydrogens is 450 g/mol. The van der Waals surface area contributed by atoms with Gasteiger partial charge in [0.05, 0.1) is 17.9 Å². The van der Waals surface area contributed by atoms with E-state index < -0.39 is 21.1 Å². The summed E-state index contributed by atoms with van der Waals surface area (Å²) in [7, 11) is -3.09. The molecule has 0 saturated carbocycles. The maximum atomic E-state index is 12.2. The van der Waals surface area contributed by atoms with Crippen LogP contribution < -0.4 is 10.1 Å². The lowest BCUT2D eigenvalue weighted by Gasteiger charge is -2.18. The van der Waals surface area contributed by atoms with Gasteiger partial charge >= 0.3 is 0 Å². The van der Waals surface area contributed by atoms with Gasteiger partial charge in [0.15, 0.2) is 16.4 Å². The Kier molecular flexibility index (Phi) is 8.12. The van der Waals surface area contributed by atoms with Crippen molar-refractivity contribution >= 4 is 32.9 Å². The van der Waals surface area contributed by atoms with E-state index in [2.05, 4.69) is 5.32 Å². The van der Waals surface area contributed by atoms with Crippen LogP contribution >= 0.6 is 11.6 Å². The number of benzene rings is 2. The largest absolute Gasteiger partial charge is 0.484 e. The van der Waals surface area contributed by atoms with Crippen molar-refractivity contribution in [3.8, 4) is 5.75 Å². The van der Waals surface area contributed by atoms with Crippen molar-refractivity contribution in [2.75, 3.05) is 19.5 Å². The van der Waals surface area contributed by atoms with Gasteiger partial charge in [-0.1, -0.05) is 54.1 Å². The van der Waals surface area contributed by atoms with E-state index in [1.54, 1.807) is 30.3 Å². The van der Waals surface area contributed by atoms with E-state index >= 15 is 0 Å². The molecule has 1 unspecified atom stereocenters. The van der Waals surface area contributed by atoms with E-state index in [0.29, 0.717) is 23.6 Å². The quantitative estimate of drug-likeness (QED) is 0.581. The number of amides is 1. The van der Waals surface area contributed by atoms with Gasteiger partial charge in [-0.25, -0.2) is 8.42 Å². The maximum absolute atomic E-state index is 12.2. The highest BCUT2D eigenvalue weighted by Crippen LogP contribution is 2.24. The van der Waals surface area contributed by atoms with Gasteiger partial charge in [-0.3, -0.25) is 4.79 Å². The second kappa shape index (κ2) is 10.8. The molecule has 0 saturated heterocycles. The number of carbonyl (C=O) groups is 1. The first-order valence-electron chi connectivity index (χ1n) is 10.2. The van der Waals surface area contributed by atoms with Crippen molar-refractivity contribution in [3.05, 3.63) is 82.9 Å². The molecule has 2 aromatic rings. The standard InChI is InChI=1S/C24H26ClNO5S/c1-32(29,30)23-12-6-19(7-13-23)18-4-2-17(3-5-18)14-21(15-27)26-24(28)16-31-22-10-8-20(25)9-11-22/h2-12,21,23,27H,13-16H2,1H3,(H,26,28)/t21-,23?/m0/s1. The number of halogens is 1. The first-order chi connectivity index (χ1) is 15.2. The van der Waals surface area contributed by atoms with Crippen molar-refractivity contribution in [1.29, 1.82) is 0 Å². The summed E-state index contributed by atoms with van der Waals surface area (Å²) < 4.78 is 28.8. The second-order valence-electron chi connectivity index (χ2n) is 7.71. The van der Waals surface area contributed by atoms with Gasteiger partial charge in [-0.2, -0.15) is 0 Å². The van der Waals surface area contributed by atoms with Crippen LogP contribution in [-0.2, 0) is 21.1 Å². The third-order valence-electron chi connectivity index (χ3n) is 5.15. The molecule has 32 heavy (non-hydrogen) atoms. The number of hydrogen-bond donors (Lipinski definition) is 2. The first kappa shape index (κ1) is 24.0. The zero-order valence-corrected chi connectivity index (χ0v) is 19.3. The summed E-state index contributed by atoms with van der Waals surface area (Å²) in [5.74, 6) is 0.211. The maximum Gasteiger partial charge on any atom is 0.258 e. The molecule has 6 nitrogen and oxygen atoms in total. The molecule has 1 aliphatic rings. The summed E-state index contributed by atoms with van der Waals surface area (Å²) in [6.07, 6.45) is 7.66. The Hall–Kier alpha value is -2.61. The Labute approximate surface area is 193 Å². The number of ether oxygens (including phenoxy) is 1. The number of sulfone groups is 1. The van der Waals surface area contributed by atoms with Gasteiger partial charge in [0.25, 0.3) is 5.91 Å². The van der Waals surface area contributed by atoms with Gasteiger partial charge in [-0.05, 0) is 53.8 Å². The summed E-state index contributed by atoms with van der Waals surface area (Å²) in [6, 6.07) is 14.1. The Bertz CT molecular complexity index is 1090. The van der Waals surface area contributed by atoms with Crippen LogP contribution in [0.2, 0.25) is 5.02 Å². The third kappa shape index (κ3) is 6.95. The summed E-state index contributed by atoms with van der Waals surface area (Å²) in [5, 5.41) is 12.6. The van der Waals surface area contributed by atoms with Crippen LogP contribution in [0.15, 0.2) is 66.8 Å². The summed E-state index contributed by atoms with van der Waals surface area (Å²) in [4.78, 5) is 12.2. The average Bonchev–Trinajstić information content (AvgIpc) is 2.78. The number of aliphatic hydroxyl groups is 1. The van der Waals surface area contributed by atoms with Crippen molar-refractivity contribution in [3.63, 3.8) is 0 Å². The molecule has 3 rings (SSSR count). The molecule has 1 aliphatic carbocycles. The van der Waals surface area contributed by atoms with E-state index in [9.17, 15) is 18.3 Å². The number of carbonyl (C=O) groups excluding carboxylic acids is 1. The Morgan fingerprint density at radius 2 is 1.88 bits per heavy atom. The molecule has 2 atom stereocenters. The highest BCUT2D eigenvalue weighted by molar-refractivity contribution is 7.91. The monoisotopic (exact) mass is 475 g/mol. The van der Waals surface area contributed by atoms with Crippen molar-refractivity contribution in [1.82, 2.24) is 5.32 Å². The van der Waals surface area contributed by atoms with Crippen molar-refractivity contribution in [2.45, 2.75) is 24.1 Å². The Morgan fingerprint density at radius 3 is 2.44 bits per heavy atom. The topological polar surface area (TPSA) is 92.7 Å². The average molecular weight is 476 g/mol. The molecule has 0 spiro atoms. The molecule has 2 N–H and O–H groups in total. The highest BCUT2D eigenvalue weighted by atomic mass is 35.5. The third-order valence-corrected chi connectivity index (χ3v) is 6.85. The normalized spacial score (nSPS) is 16.8. The smallest absolute Gasteiger partial charge is 0.258 e. The SMILES string of the molecule is CS(=O)(=O)C1C=CC(c2ccc(C[C@@H](CO)NC(=O)COc3ccc(Cl)cc3)cc2)=CC1. The molecule has 8 heteroatoms. The van der Waals surface area contributed by atoms with Crippen molar-refractivity contribution < 1.29 is 23.1 Å². The van der Waals surface area contributed by atoms with Crippen LogP contribution in [0.1, 0.15) is 17.5 Å². The molecule has 0 aliphatic heterocycles. The zero-order chi connectivity index (χ0) is 23.1. The summed E-state index contributed by atoms with van der Waals surface area (Å²) in [6.45, 7) is -0.360. The van der Waals surface area contributed by atoms with Crippen LogP contribution in [-0.4, -0.2) is 50.2 Å². The lowest BCUT2D eigenvalue weighted by Crippen LogP contribution is -2.41. The number of hydrogen-bond acceptors (Lipinski definition) is 5. The predicted molar refractivity (Wildman–Crippen MR) is 126 cm³/mol. The van der Waals surface area contributed by atoms with Crippen molar-refractivity contribution in [2.24, 2.45) is 0 Å². The molecule has 0 radical (unpaired) electrons. The number of rotatable bonds is 9. The van der Waals surface area contributed by atoms with E-state index in [4.69, 9.17) is 16.3 Å². The minimum Gasteiger partial charge on any atom is -0.484 e. The van der Waals surface area contributed by atoms with Crippen LogP contribution in [0.25, 0.3) is 5.57 Å². The fourth-order valence-corrected chi connectivity index (χ4v) is 4.30. The highest BCUT2D eigenvalue weighted by Gasteiger charge is 2.19. The zero-order valence-electron chi connectivity index (χ0n) is 17.7. The Balaban J connectivity index is 1.52. The van der Waals surface area contributed by atoms with Gasteiger partial charge in [-0.15, -0.1) is 0 Å². The van der Waals surface area contributed by atoms with Gasteiger partial charge in [0.2, 0.25) is 0 Å². The molecular formula is C24H26ClNO5S. The van der Waals surface area contributed by atoms with Crippen LogP contribution in [0.5, 0.6) is 5.75 Å². The minimum absolute atomic E-state index is 0.161. The van der Waals surface area contributed by atoms with E-state index in [-0.39, 0.29) is 19.1 Å². The molecule has 0 heterocycles. The fraction of sp³-hybridized carbons (Fsp3) is 0.292. The van der Waals surface area contributed by atoms with Crippen LogP contribution in [0, 0.1) is 0 Å². The van der Waals surface area contributed by atoms with Crippen LogP contribution in [0.4, 0.5) is 0 Å². The number of aliphatic hydroxyl groups excluding tert-OH is 1. The summed E-state index contributed by atoms with van der Waals surface area (Å²) in [5.41, 5.74) is 2.92. The molecule has 0 bridgehead atoms. The van der Waals surface area contributed by atoms with E-state index in [1.165, 1.54) is 6.26 Å². The molecule has 0 fully saturated rings. The lowest BCUT2D eigenvalue weighted by atomic mass is 9.97. The molecule has 2 aromatic carbocycles. The summed E-state index contributed by atoms with van der Waals surface area (Å²) >= 11 is 5.82. The predicted octanol–water partition coefficient (Wildman–Crippen LogP) is 3.20. The fourth-order valence-electron chi connectivity index (χ4n) is 3.36. The van der Waals surface area contributed by atoms with Gasteiger partial charge < -0.3 is 15.2 Å². The lowest BCUT2D eigenvalue weighted by molar-refractivity contribution is -0.124. The second-order valence-corrected chi connectivity index (χ2v) is 10.4. The van der Waals surface area contributed by atoms with Gasteiger partial charge in [0.1, 0.15) is 5.75 Å². The Morgan fingerprint density at radius 1 is 1.19 bits per heavy atom. The van der Waals surface area contributed by atoms with Gasteiger partial charge in [0, 0.05) is 11.3 Å². The minimum atomic E-state index is -3.09.